The van der Waals surface area contributed by atoms with Crippen molar-refractivity contribution in [1.29, 1.82) is 0 Å². The van der Waals surface area contributed by atoms with Crippen molar-refractivity contribution in [3.8, 4) is 28.3 Å². The Morgan fingerprint density at radius 1 is 0.452 bits per heavy atom. The number of phenolic OH excluding ortho intramolecular Hbond substituents is 1. The number of aliphatic hydroxyl groups is 1. The highest BCUT2D eigenvalue weighted by atomic mass is 16.6. The summed E-state index contributed by atoms with van der Waals surface area (Å²) in [7, 11) is 0. The van der Waals surface area contributed by atoms with Crippen LogP contribution in [0.3, 0.4) is 0 Å². The van der Waals surface area contributed by atoms with E-state index >= 15 is 0 Å². The largest absolute Gasteiger partial charge is 0.505 e. The van der Waals surface area contributed by atoms with E-state index in [1.807, 2.05) is 0 Å². The van der Waals surface area contributed by atoms with E-state index in [1.165, 1.54) is 44.2 Å². The van der Waals surface area contributed by atoms with Crippen molar-refractivity contribution >= 4 is 49.2 Å². The lowest BCUT2D eigenvalue weighted by molar-refractivity contribution is -0.179. The van der Waals surface area contributed by atoms with Crippen molar-refractivity contribution < 1.29 is 19.7 Å². The summed E-state index contributed by atoms with van der Waals surface area (Å²) < 4.78 is 19.2. The van der Waals surface area contributed by atoms with E-state index in [0.717, 1.165) is 102 Å². The van der Waals surface area contributed by atoms with E-state index in [2.05, 4.69) is 317 Å². The zero-order chi connectivity index (χ0) is 68.5. The quantitative estimate of drug-likeness (QED) is 0.0841. The molecule has 0 aliphatic heterocycles. The van der Waals surface area contributed by atoms with Crippen molar-refractivity contribution in [2.45, 2.75) is 238 Å². The highest BCUT2D eigenvalue weighted by Gasteiger charge is 2.48. The number of hydrogen-bond donors (Lipinski definition) is 2. The average Bonchev–Trinajstić information content (AvgIpc) is 1.64. The monoisotopic (exact) mass is 1250 g/mol. The number of rotatable bonds is 14. The summed E-state index contributed by atoms with van der Waals surface area (Å²) in [5.74, 6) is -0.915. The molecule has 0 saturated heterocycles. The molecule has 1 aliphatic carbocycles. The van der Waals surface area contributed by atoms with Gasteiger partial charge in [0.25, 0.3) is 0 Å². The minimum atomic E-state index is -1.84. The van der Waals surface area contributed by atoms with E-state index in [0.29, 0.717) is 13.0 Å². The van der Waals surface area contributed by atoms with Gasteiger partial charge in [-0.2, -0.15) is 0 Å². The minimum Gasteiger partial charge on any atom is -0.505 e. The number of nitrogens with zero attached hydrogens (tertiary/aromatic N) is 2. The zero-order valence-corrected chi connectivity index (χ0v) is 61.8. The van der Waals surface area contributed by atoms with Crippen LogP contribution in [0.2, 0.25) is 0 Å². The summed E-state index contributed by atoms with van der Waals surface area (Å²) >= 11 is 0. The molecule has 0 fully saturated rings. The maximum absolute atomic E-state index is 14.4. The van der Waals surface area contributed by atoms with Gasteiger partial charge < -0.3 is 28.8 Å². The second-order valence-electron chi connectivity index (χ2n) is 35.8. The van der Waals surface area contributed by atoms with E-state index in [4.69, 9.17) is 9.47 Å². The fourth-order valence-corrected chi connectivity index (χ4v) is 15.2. The number of aryl methyl sites for hydroxylation is 3. The van der Waals surface area contributed by atoms with E-state index in [1.54, 1.807) is 0 Å². The first-order valence-electron chi connectivity index (χ1n) is 34.5. The average molecular weight is 1250 g/mol. The number of hydrogen-bond acceptors (Lipinski definition) is 4. The maximum Gasteiger partial charge on any atom is 0.218 e. The molecule has 2 aromatic heterocycles. The van der Waals surface area contributed by atoms with Gasteiger partial charge in [0.05, 0.1) is 29.9 Å². The third-order valence-electron chi connectivity index (χ3n) is 20.2. The zero-order valence-electron chi connectivity index (χ0n) is 61.8. The van der Waals surface area contributed by atoms with Crippen LogP contribution in [0.1, 0.15) is 233 Å². The lowest BCUT2D eigenvalue weighted by atomic mass is 9.68. The van der Waals surface area contributed by atoms with Gasteiger partial charge >= 0.3 is 0 Å². The molecule has 2 heterocycles. The molecule has 0 radical (unpaired) electrons. The highest BCUT2D eigenvalue weighted by Crippen LogP contribution is 2.53. The smallest absolute Gasteiger partial charge is 0.218 e. The molecule has 6 heteroatoms. The number of ether oxygens (including phenoxy) is 2. The van der Waals surface area contributed by atoms with Crippen LogP contribution in [0, 0.1) is 43.9 Å². The molecule has 93 heavy (non-hydrogen) atoms. The molecule has 2 atom stereocenters. The number of allylic oxidation sites excluding steroid dienone is 2. The molecule has 9 aromatic rings. The molecular weight excluding hydrogens is 1140 g/mol. The van der Waals surface area contributed by atoms with Crippen molar-refractivity contribution in [2.75, 3.05) is 13.2 Å². The summed E-state index contributed by atoms with van der Waals surface area (Å²) in [5, 5.41) is 32.4. The number of aromatic hydroxyl groups is 1. The highest BCUT2D eigenvalue weighted by molar-refractivity contribution is 6.11. The van der Waals surface area contributed by atoms with Gasteiger partial charge in [0.2, 0.25) is 5.79 Å². The molecule has 0 amide bonds. The van der Waals surface area contributed by atoms with Crippen LogP contribution in [0.5, 0.6) is 11.5 Å². The predicted octanol–water partition coefficient (Wildman–Crippen LogP) is 23.6. The Kier molecular flexibility index (Phi) is 17.7. The molecule has 2 unspecified atom stereocenters. The SMILES string of the molecule is Cc1ccc(C2=CC(C(C)(C)CC(C)(C)C)=CC(n3c4ccc(C(C)(C)C)cc4c4cc(C(C)(C)C)ccc43)C2(O)OCCCOc2c(-c3cc(C(C)(C)CC(C)(C)C)cc(-n4c5ccc(C(C)(C)C)cc5c5cc(C(C)(C)C)ccc54)c3O)ccc(C)c2C)cc1C. The molecule has 1 aliphatic rings. The Morgan fingerprint density at radius 3 is 1.37 bits per heavy atom. The van der Waals surface area contributed by atoms with Crippen molar-refractivity contribution in [3.63, 3.8) is 0 Å². The molecule has 0 spiro atoms. The fourth-order valence-electron chi connectivity index (χ4n) is 15.2. The second kappa shape index (κ2) is 23.8. The van der Waals surface area contributed by atoms with Gasteiger partial charge in [-0.15, -0.1) is 0 Å². The summed E-state index contributed by atoms with van der Waals surface area (Å²) in [6.45, 7) is 59.7. The molecule has 0 saturated carbocycles. The Morgan fingerprint density at radius 2 is 0.903 bits per heavy atom. The molecule has 0 bridgehead atoms. The van der Waals surface area contributed by atoms with Gasteiger partial charge in [0.1, 0.15) is 17.5 Å². The van der Waals surface area contributed by atoms with Crippen LogP contribution in [0.15, 0.2) is 133 Å². The van der Waals surface area contributed by atoms with Crippen LogP contribution < -0.4 is 4.74 Å². The molecule has 10 rings (SSSR count). The van der Waals surface area contributed by atoms with Crippen LogP contribution in [-0.2, 0) is 31.8 Å². The Hall–Kier alpha value is -6.86. The number of benzene rings is 7. The predicted molar refractivity (Wildman–Crippen MR) is 399 cm³/mol. The Balaban J connectivity index is 1.10. The van der Waals surface area contributed by atoms with Crippen LogP contribution in [0.25, 0.3) is 66.0 Å². The van der Waals surface area contributed by atoms with Gasteiger partial charge in [-0.25, -0.2) is 0 Å². The van der Waals surface area contributed by atoms with Gasteiger partial charge in [0.15, 0.2) is 0 Å². The molecule has 7 aromatic carbocycles. The maximum atomic E-state index is 14.4. The Bertz CT molecular complexity index is 4280. The minimum absolute atomic E-state index is 0.0235. The lowest BCUT2D eigenvalue weighted by Crippen LogP contribution is -2.45. The van der Waals surface area contributed by atoms with E-state index in [9.17, 15) is 10.2 Å². The summed E-state index contributed by atoms with van der Waals surface area (Å²) in [6, 6.07) is 42.3. The normalized spacial score (nSPS) is 16.7. The second-order valence-corrected chi connectivity index (χ2v) is 35.8. The molecular formula is C87H112N2O4. The van der Waals surface area contributed by atoms with E-state index < -0.39 is 11.8 Å². The summed E-state index contributed by atoms with van der Waals surface area (Å²) in [6.07, 6.45) is 6.89. The molecule has 6 nitrogen and oxygen atoms in total. The van der Waals surface area contributed by atoms with Crippen LogP contribution in [0.4, 0.5) is 0 Å². The van der Waals surface area contributed by atoms with Crippen molar-refractivity contribution in [1.82, 2.24) is 9.13 Å². The number of aromatic nitrogens is 2. The van der Waals surface area contributed by atoms with Gasteiger partial charge in [0, 0.05) is 55.7 Å². The van der Waals surface area contributed by atoms with Crippen molar-refractivity contribution in [3.05, 3.63) is 189 Å². The molecule has 2 N–H and O–H groups in total. The summed E-state index contributed by atoms with van der Waals surface area (Å²) in [5.41, 5.74) is 19.2. The van der Waals surface area contributed by atoms with Crippen molar-refractivity contribution in [2.24, 2.45) is 16.2 Å². The topological polar surface area (TPSA) is 68.8 Å². The molecule has 494 valence electrons. The third kappa shape index (κ3) is 13.6. The number of fused-ring (bicyclic) bond motifs is 6. The van der Waals surface area contributed by atoms with Gasteiger partial charge in [-0.05, 0) is 212 Å². The van der Waals surface area contributed by atoms with E-state index in [-0.39, 0.29) is 55.7 Å². The first-order valence-corrected chi connectivity index (χ1v) is 34.5. The number of phenols is 1. The van der Waals surface area contributed by atoms with Gasteiger partial charge in [-0.3, -0.25) is 0 Å². The first kappa shape index (κ1) is 69.0. The fraction of sp³-hybridized carbons (Fsp3) is 0.471. The van der Waals surface area contributed by atoms with Gasteiger partial charge in [-0.1, -0.05) is 213 Å². The third-order valence-corrected chi connectivity index (χ3v) is 20.2. The standard InChI is InChI=1S/C87H112N2O4/c1-53-28-30-57(42-55(53)3)70-48-63(86(25,26)52-80(8,9)10)50-76(89-73-38-33-60(83(17,18)19)45-67(73)68-46-61(84(20,21)22)34-39-74(68)89)87(70,91)93-41-27-40-92-78-56(4)54(2)29-35-64(78)69-47-62(85(23,24)51-79(5,6)7)49-75(77(69)90)88-71-36-31-58(81(11,12)13)43-65(71)66-44-59(82(14,15)16)32-37-72(66)88/h28-39,42-50,76,90-91H,27,40-41,51-52H2,1-26H3. The Labute approximate surface area is 559 Å². The van der Waals surface area contributed by atoms with Crippen LogP contribution in [-0.4, -0.2) is 38.3 Å². The first-order chi connectivity index (χ1) is 42.8. The van der Waals surface area contributed by atoms with Crippen LogP contribution >= 0.6 is 0 Å². The lowest BCUT2D eigenvalue weighted by Gasteiger charge is -2.44. The summed E-state index contributed by atoms with van der Waals surface area (Å²) in [4.78, 5) is 0.